The third-order valence-corrected chi connectivity index (χ3v) is 4.76. The van der Waals surface area contributed by atoms with Crippen LogP contribution in [0.3, 0.4) is 0 Å². The topological polar surface area (TPSA) is 87.5 Å². The molecule has 2 saturated heterocycles. The van der Waals surface area contributed by atoms with Crippen molar-refractivity contribution in [2.45, 2.75) is 18.4 Å². The zero-order chi connectivity index (χ0) is 17.3. The number of nitrogens with one attached hydrogen (secondary N) is 2. The number of nitrogens with zero attached hydrogens (tertiary/aromatic N) is 1. The number of primary amides is 1. The third kappa shape index (κ3) is 3.33. The highest BCUT2D eigenvalue weighted by Crippen LogP contribution is 2.30. The van der Waals surface area contributed by atoms with E-state index in [0.29, 0.717) is 38.2 Å². The van der Waals surface area contributed by atoms with Gasteiger partial charge >= 0.3 is 6.03 Å². The number of benzene rings is 1. The summed E-state index contributed by atoms with van der Waals surface area (Å²) in [6, 6.07) is 2.79. The Hall–Kier alpha value is -2.22. The molecule has 8 heteroatoms. The summed E-state index contributed by atoms with van der Waals surface area (Å²) < 4.78 is 27.1. The molecule has 0 spiro atoms. The average molecular weight is 338 g/mol. The van der Waals surface area contributed by atoms with Crippen molar-refractivity contribution in [2.75, 3.05) is 26.2 Å². The molecule has 1 unspecified atom stereocenters. The number of hydrogen-bond donors (Lipinski definition) is 3. The highest BCUT2D eigenvalue weighted by atomic mass is 19.1. The zero-order valence-corrected chi connectivity index (χ0v) is 13.1. The van der Waals surface area contributed by atoms with Crippen molar-refractivity contribution in [2.24, 2.45) is 11.7 Å². The molecule has 2 aliphatic rings. The van der Waals surface area contributed by atoms with E-state index in [1.165, 1.54) is 17.0 Å². The lowest BCUT2D eigenvalue weighted by Crippen LogP contribution is -2.43. The highest BCUT2D eigenvalue weighted by Gasteiger charge is 2.37. The fourth-order valence-corrected chi connectivity index (χ4v) is 3.47. The molecule has 6 nitrogen and oxygen atoms in total. The minimum atomic E-state index is -0.638. The second-order valence-electron chi connectivity index (χ2n) is 6.32. The Labute approximate surface area is 138 Å². The zero-order valence-electron chi connectivity index (χ0n) is 13.1. The Bertz CT molecular complexity index is 655. The van der Waals surface area contributed by atoms with Crippen molar-refractivity contribution < 1.29 is 18.4 Å². The summed E-state index contributed by atoms with van der Waals surface area (Å²) in [7, 11) is 0. The van der Waals surface area contributed by atoms with Crippen molar-refractivity contribution in [3.05, 3.63) is 35.4 Å². The van der Waals surface area contributed by atoms with Gasteiger partial charge in [-0.05, 0) is 18.1 Å². The van der Waals surface area contributed by atoms with E-state index in [1.807, 2.05) is 0 Å². The van der Waals surface area contributed by atoms with Gasteiger partial charge in [0, 0.05) is 44.2 Å². The van der Waals surface area contributed by atoms with Gasteiger partial charge in [-0.15, -0.1) is 0 Å². The molecule has 130 valence electrons. The van der Waals surface area contributed by atoms with E-state index in [0.717, 1.165) is 6.07 Å². The van der Waals surface area contributed by atoms with E-state index < -0.39 is 23.6 Å². The Morgan fingerprint density at radius 1 is 1.29 bits per heavy atom. The molecule has 0 bridgehead atoms. The maximum Gasteiger partial charge on any atom is 0.314 e. The summed E-state index contributed by atoms with van der Waals surface area (Å²) >= 11 is 0. The van der Waals surface area contributed by atoms with Crippen LogP contribution in [0.25, 0.3) is 0 Å². The van der Waals surface area contributed by atoms with Gasteiger partial charge in [0.05, 0.1) is 5.92 Å². The summed E-state index contributed by atoms with van der Waals surface area (Å²) in [5, 5.41) is 6.00. The predicted molar refractivity (Wildman–Crippen MR) is 83.2 cm³/mol. The molecule has 3 atom stereocenters. The van der Waals surface area contributed by atoms with Crippen LogP contribution in [0.1, 0.15) is 17.9 Å². The van der Waals surface area contributed by atoms with E-state index in [2.05, 4.69) is 10.6 Å². The monoisotopic (exact) mass is 338 g/mol. The second-order valence-corrected chi connectivity index (χ2v) is 6.32. The molecule has 2 aliphatic heterocycles. The van der Waals surface area contributed by atoms with Crippen LogP contribution in [0, 0.1) is 17.6 Å². The van der Waals surface area contributed by atoms with Gasteiger partial charge < -0.3 is 21.3 Å². The molecule has 0 aromatic heterocycles. The van der Waals surface area contributed by atoms with Crippen molar-refractivity contribution >= 4 is 11.9 Å². The predicted octanol–water partition coefficient (Wildman–Crippen LogP) is 0.537. The lowest BCUT2D eigenvalue weighted by atomic mass is 9.87. The molecular weight excluding hydrogens is 318 g/mol. The van der Waals surface area contributed by atoms with Crippen LogP contribution < -0.4 is 16.4 Å². The molecular formula is C16H20F2N4O2. The Balaban J connectivity index is 1.67. The number of rotatable bonds is 3. The standard InChI is InChI=1S/C16H20F2N4O2/c17-9-1-2-11(14(18)5-9)12-6-20-7-13(12)15(23)21-10-3-4-22(8-10)16(19)24/h1-2,5,10,12-13,20H,3-4,6-8H2,(H2,19,24)(H,21,23)/t10?,12-,13+/m0/s1. The summed E-state index contributed by atoms with van der Waals surface area (Å²) in [5.74, 6) is -2.25. The first-order valence-corrected chi connectivity index (χ1v) is 7.96. The summed E-state index contributed by atoms with van der Waals surface area (Å²) in [5.41, 5.74) is 5.57. The average Bonchev–Trinajstić information content (AvgIpc) is 3.16. The lowest BCUT2D eigenvalue weighted by Gasteiger charge is -2.21. The third-order valence-electron chi connectivity index (χ3n) is 4.76. The largest absolute Gasteiger partial charge is 0.351 e. The molecule has 0 aliphatic carbocycles. The number of likely N-dealkylation sites (tertiary alicyclic amines) is 1. The molecule has 4 N–H and O–H groups in total. The number of urea groups is 1. The van der Waals surface area contributed by atoms with Crippen molar-refractivity contribution in [1.82, 2.24) is 15.5 Å². The molecule has 2 fully saturated rings. The van der Waals surface area contributed by atoms with Crippen LogP contribution in [0.2, 0.25) is 0 Å². The van der Waals surface area contributed by atoms with E-state index in [-0.39, 0.29) is 17.9 Å². The van der Waals surface area contributed by atoms with Gasteiger partial charge in [0.25, 0.3) is 0 Å². The first-order valence-electron chi connectivity index (χ1n) is 7.96. The van der Waals surface area contributed by atoms with Gasteiger partial charge in [-0.25, -0.2) is 13.6 Å². The van der Waals surface area contributed by atoms with E-state index in [4.69, 9.17) is 5.73 Å². The van der Waals surface area contributed by atoms with Crippen LogP contribution in [0.15, 0.2) is 18.2 Å². The maximum absolute atomic E-state index is 14.0. The van der Waals surface area contributed by atoms with E-state index in [1.54, 1.807) is 0 Å². The highest BCUT2D eigenvalue weighted by molar-refractivity contribution is 5.81. The van der Waals surface area contributed by atoms with Crippen molar-refractivity contribution in [3.63, 3.8) is 0 Å². The van der Waals surface area contributed by atoms with Crippen LogP contribution in [0.4, 0.5) is 13.6 Å². The summed E-state index contributed by atoms with van der Waals surface area (Å²) in [6.07, 6.45) is 0.643. The fraction of sp³-hybridized carbons (Fsp3) is 0.500. The number of nitrogens with two attached hydrogens (primary N) is 1. The smallest absolute Gasteiger partial charge is 0.314 e. The minimum Gasteiger partial charge on any atom is -0.351 e. The molecule has 3 amide bonds. The van der Waals surface area contributed by atoms with Crippen molar-refractivity contribution in [1.29, 1.82) is 0 Å². The molecule has 0 saturated carbocycles. The molecule has 1 aromatic rings. The van der Waals surface area contributed by atoms with Gasteiger partial charge in [0.15, 0.2) is 0 Å². The number of amides is 3. The minimum absolute atomic E-state index is 0.149. The molecule has 2 heterocycles. The Morgan fingerprint density at radius 2 is 2.08 bits per heavy atom. The quantitative estimate of drug-likeness (QED) is 0.752. The van der Waals surface area contributed by atoms with Crippen LogP contribution in [-0.2, 0) is 4.79 Å². The Morgan fingerprint density at radius 3 is 2.75 bits per heavy atom. The van der Waals surface area contributed by atoms with Crippen LogP contribution in [-0.4, -0.2) is 49.1 Å². The van der Waals surface area contributed by atoms with Crippen molar-refractivity contribution in [3.8, 4) is 0 Å². The lowest BCUT2D eigenvalue weighted by molar-refractivity contribution is -0.125. The fourth-order valence-electron chi connectivity index (χ4n) is 3.47. The van der Waals surface area contributed by atoms with Gasteiger partial charge in [-0.1, -0.05) is 6.07 Å². The summed E-state index contributed by atoms with van der Waals surface area (Å²) in [6.45, 7) is 1.79. The SMILES string of the molecule is NC(=O)N1CCC(NC(=O)[C@@H]2CNC[C@H]2c2ccc(F)cc2F)C1. The number of halogens is 2. The number of carbonyl (C=O) groups excluding carboxylic acids is 2. The first-order chi connectivity index (χ1) is 11.5. The first kappa shape index (κ1) is 16.6. The molecule has 24 heavy (non-hydrogen) atoms. The number of carbonyl (C=O) groups is 2. The van der Waals surface area contributed by atoms with E-state index >= 15 is 0 Å². The van der Waals surface area contributed by atoms with Gasteiger partial charge in [0.2, 0.25) is 5.91 Å². The summed E-state index contributed by atoms with van der Waals surface area (Å²) in [4.78, 5) is 25.2. The van der Waals surface area contributed by atoms with Crippen LogP contribution in [0.5, 0.6) is 0 Å². The molecule has 0 radical (unpaired) electrons. The van der Waals surface area contributed by atoms with Crippen LogP contribution >= 0.6 is 0 Å². The normalized spacial score (nSPS) is 26.6. The number of hydrogen-bond acceptors (Lipinski definition) is 3. The van der Waals surface area contributed by atoms with Gasteiger partial charge in [-0.3, -0.25) is 4.79 Å². The Kier molecular flexibility index (Phi) is 4.66. The molecule has 3 rings (SSSR count). The van der Waals surface area contributed by atoms with Gasteiger partial charge in [0.1, 0.15) is 11.6 Å². The molecule has 1 aromatic carbocycles. The second kappa shape index (κ2) is 6.72. The maximum atomic E-state index is 14.0. The van der Waals surface area contributed by atoms with Gasteiger partial charge in [-0.2, -0.15) is 0 Å². The van der Waals surface area contributed by atoms with E-state index in [9.17, 15) is 18.4 Å².